The Labute approximate surface area is 172 Å². The number of rotatable bonds is 4. The Morgan fingerprint density at radius 2 is 1.86 bits per heavy atom. The Morgan fingerprint density at radius 3 is 2.66 bits per heavy atom. The lowest BCUT2D eigenvalue weighted by Crippen LogP contribution is -2.64. The molecular weight excluding hydrogens is 368 g/mol. The highest BCUT2D eigenvalue weighted by molar-refractivity contribution is 5.97. The molecule has 7 nitrogen and oxygen atoms in total. The zero-order valence-electron chi connectivity index (χ0n) is 17.3. The Bertz CT molecular complexity index is 747. The lowest BCUT2D eigenvalue weighted by Gasteiger charge is -2.44. The third-order valence-corrected chi connectivity index (χ3v) is 6.70. The maximum Gasteiger partial charge on any atom is 0.320 e. The summed E-state index contributed by atoms with van der Waals surface area (Å²) in [6.07, 6.45) is 6.83. The van der Waals surface area contributed by atoms with Crippen LogP contribution in [0.1, 0.15) is 44.9 Å². The lowest BCUT2D eigenvalue weighted by molar-refractivity contribution is -0.142. The van der Waals surface area contributed by atoms with Crippen LogP contribution in [0.5, 0.6) is 5.75 Å². The first-order valence-electron chi connectivity index (χ1n) is 10.9. The third kappa shape index (κ3) is 4.20. The van der Waals surface area contributed by atoms with Crippen molar-refractivity contribution in [3.63, 3.8) is 0 Å². The second kappa shape index (κ2) is 8.61. The summed E-state index contributed by atoms with van der Waals surface area (Å²) in [4.78, 5) is 31.0. The molecule has 1 aromatic carbocycles. The summed E-state index contributed by atoms with van der Waals surface area (Å²) in [7, 11) is 1.58. The molecule has 2 aliphatic heterocycles. The van der Waals surface area contributed by atoms with E-state index < -0.39 is 5.54 Å². The highest BCUT2D eigenvalue weighted by Gasteiger charge is 2.45. The number of methoxy groups -OCH3 is 1. The number of para-hydroxylation sites is 2. The first-order chi connectivity index (χ1) is 14.1. The van der Waals surface area contributed by atoms with Gasteiger partial charge in [-0.25, -0.2) is 4.79 Å². The number of carbonyl (C=O) groups excluding carboxylic acids is 2. The van der Waals surface area contributed by atoms with Gasteiger partial charge in [-0.05, 0) is 44.4 Å². The molecule has 7 heteroatoms. The number of benzene rings is 1. The molecular formula is C22H32N4O3. The summed E-state index contributed by atoms with van der Waals surface area (Å²) in [6, 6.07) is 7.45. The van der Waals surface area contributed by atoms with E-state index in [0.717, 1.165) is 45.4 Å². The van der Waals surface area contributed by atoms with Crippen molar-refractivity contribution in [3.8, 4) is 5.75 Å². The van der Waals surface area contributed by atoms with E-state index in [1.54, 1.807) is 19.2 Å². The van der Waals surface area contributed by atoms with Gasteiger partial charge in [0.1, 0.15) is 11.3 Å². The van der Waals surface area contributed by atoms with Gasteiger partial charge in [0.2, 0.25) is 5.91 Å². The molecule has 3 fully saturated rings. The summed E-state index contributed by atoms with van der Waals surface area (Å²) in [5.41, 5.74) is -0.198. The van der Waals surface area contributed by atoms with E-state index in [4.69, 9.17) is 4.74 Å². The van der Waals surface area contributed by atoms with Crippen molar-refractivity contribution in [1.82, 2.24) is 15.1 Å². The zero-order valence-corrected chi connectivity index (χ0v) is 17.3. The topological polar surface area (TPSA) is 73.9 Å². The van der Waals surface area contributed by atoms with Crippen molar-refractivity contribution in [1.29, 1.82) is 0 Å². The molecule has 158 valence electrons. The molecule has 0 spiro atoms. The Morgan fingerprint density at radius 1 is 1.07 bits per heavy atom. The highest BCUT2D eigenvalue weighted by Crippen LogP contribution is 2.32. The lowest BCUT2D eigenvalue weighted by atomic mass is 9.80. The monoisotopic (exact) mass is 400 g/mol. The maximum absolute atomic E-state index is 13.6. The highest BCUT2D eigenvalue weighted by atomic mass is 16.5. The molecule has 0 aromatic heterocycles. The largest absolute Gasteiger partial charge is 0.495 e. The van der Waals surface area contributed by atoms with Crippen LogP contribution in [0, 0.1) is 0 Å². The second-order valence-electron chi connectivity index (χ2n) is 8.51. The van der Waals surface area contributed by atoms with Crippen LogP contribution in [0.15, 0.2) is 24.3 Å². The normalized spacial score (nSPS) is 23.9. The number of ether oxygens (including phenoxy) is 1. The molecule has 2 heterocycles. The number of urea groups is 1. The SMILES string of the molecule is COc1ccccc1NC(=O)NC1(C(=O)N2CCN3CCC[C@H]3C2)CCCCC1. The van der Waals surface area contributed by atoms with Crippen molar-refractivity contribution < 1.29 is 14.3 Å². The van der Waals surface area contributed by atoms with Gasteiger partial charge in [0.15, 0.2) is 0 Å². The van der Waals surface area contributed by atoms with Gasteiger partial charge >= 0.3 is 6.03 Å². The quantitative estimate of drug-likeness (QED) is 0.815. The maximum atomic E-state index is 13.6. The molecule has 29 heavy (non-hydrogen) atoms. The molecule has 2 saturated heterocycles. The van der Waals surface area contributed by atoms with Gasteiger partial charge < -0.3 is 20.3 Å². The average Bonchev–Trinajstić information content (AvgIpc) is 3.22. The van der Waals surface area contributed by atoms with Gasteiger partial charge in [-0.1, -0.05) is 31.4 Å². The molecule has 3 amide bonds. The van der Waals surface area contributed by atoms with Gasteiger partial charge in [0, 0.05) is 25.7 Å². The Kier molecular flexibility index (Phi) is 5.94. The summed E-state index contributed by atoms with van der Waals surface area (Å²) in [5, 5.41) is 5.95. The molecule has 0 bridgehead atoms. The van der Waals surface area contributed by atoms with E-state index in [-0.39, 0.29) is 11.9 Å². The van der Waals surface area contributed by atoms with Crippen LogP contribution >= 0.6 is 0 Å². The molecule has 2 N–H and O–H groups in total. The van der Waals surface area contributed by atoms with Crippen LogP contribution in [0.3, 0.4) is 0 Å². The van der Waals surface area contributed by atoms with Crippen molar-refractivity contribution in [3.05, 3.63) is 24.3 Å². The van der Waals surface area contributed by atoms with E-state index in [9.17, 15) is 9.59 Å². The van der Waals surface area contributed by atoms with Crippen LogP contribution in [0.25, 0.3) is 0 Å². The number of hydrogen-bond donors (Lipinski definition) is 2. The Hall–Kier alpha value is -2.28. The first-order valence-corrected chi connectivity index (χ1v) is 10.9. The van der Waals surface area contributed by atoms with Gasteiger partial charge in [0.25, 0.3) is 0 Å². The number of anilines is 1. The molecule has 0 radical (unpaired) electrons. The number of nitrogens with zero attached hydrogens (tertiary/aromatic N) is 2. The fraction of sp³-hybridized carbons (Fsp3) is 0.636. The van der Waals surface area contributed by atoms with Crippen molar-refractivity contribution in [2.75, 3.05) is 38.6 Å². The minimum absolute atomic E-state index is 0.0962. The molecule has 3 aliphatic rings. The fourth-order valence-corrected chi connectivity index (χ4v) is 5.14. The number of fused-ring (bicyclic) bond motifs is 1. The molecule has 1 aromatic rings. The van der Waals surface area contributed by atoms with Crippen molar-refractivity contribution in [2.45, 2.75) is 56.5 Å². The molecule has 4 rings (SSSR count). The fourth-order valence-electron chi connectivity index (χ4n) is 5.14. The predicted molar refractivity (Wildman–Crippen MR) is 112 cm³/mol. The molecule has 1 saturated carbocycles. The number of carbonyl (C=O) groups is 2. The summed E-state index contributed by atoms with van der Waals surface area (Å²) < 4.78 is 5.32. The number of amides is 3. The second-order valence-corrected chi connectivity index (χ2v) is 8.51. The Balaban J connectivity index is 1.47. The van der Waals surface area contributed by atoms with Crippen LogP contribution < -0.4 is 15.4 Å². The minimum Gasteiger partial charge on any atom is -0.495 e. The van der Waals surface area contributed by atoms with Gasteiger partial charge in [-0.3, -0.25) is 9.69 Å². The summed E-state index contributed by atoms with van der Waals surface area (Å²) in [6.45, 7) is 3.64. The van der Waals surface area contributed by atoms with E-state index in [1.165, 1.54) is 12.8 Å². The van der Waals surface area contributed by atoms with Crippen LogP contribution in [0.2, 0.25) is 0 Å². The zero-order chi connectivity index (χ0) is 20.3. The molecule has 1 atom stereocenters. The third-order valence-electron chi connectivity index (χ3n) is 6.70. The van der Waals surface area contributed by atoms with E-state index in [1.807, 2.05) is 17.0 Å². The van der Waals surface area contributed by atoms with E-state index in [0.29, 0.717) is 30.3 Å². The van der Waals surface area contributed by atoms with Crippen LogP contribution in [0.4, 0.5) is 10.5 Å². The summed E-state index contributed by atoms with van der Waals surface area (Å²) >= 11 is 0. The van der Waals surface area contributed by atoms with Crippen LogP contribution in [-0.2, 0) is 4.79 Å². The van der Waals surface area contributed by atoms with E-state index in [2.05, 4.69) is 15.5 Å². The van der Waals surface area contributed by atoms with Gasteiger partial charge in [-0.15, -0.1) is 0 Å². The summed E-state index contributed by atoms with van der Waals surface area (Å²) in [5.74, 6) is 0.697. The number of nitrogens with one attached hydrogen (secondary N) is 2. The standard InChI is InChI=1S/C22H32N4O3/c1-29-19-10-4-3-9-18(19)23-21(28)24-22(11-5-2-6-12-22)20(27)26-15-14-25-13-7-8-17(25)16-26/h3-4,9-10,17H,2,5-8,11-16H2,1H3,(H2,23,24,28)/t17-/m0/s1. The van der Waals surface area contributed by atoms with Gasteiger partial charge in [0.05, 0.1) is 12.8 Å². The number of hydrogen-bond acceptors (Lipinski definition) is 4. The minimum atomic E-state index is -0.800. The number of piperazine rings is 1. The first kappa shape index (κ1) is 20.0. The smallest absolute Gasteiger partial charge is 0.320 e. The van der Waals surface area contributed by atoms with Crippen molar-refractivity contribution >= 4 is 17.6 Å². The van der Waals surface area contributed by atoms with Crippen molar-refractivity contribution in [2.24, 2.45) is 0 Å². The van der Waals surface area contributed by atoms with Gasteiger partial charge in [-0.2, -0.15) is 0 Å². The van der Waals surface area contributed by atoms with E-state index >= 15 is 0 Å². The van der Waals surface area contributed by atoms with Crippen LogP contribution in [-0.4, -0.2) is 66.6 Å². The molecule has 0 unspecified atom stereocenters. The molecule has 1 aliphatic carbocycles. The average molecular weight is 401 g/mol. The predicted octanol–water partition coefficient (Wildman–Crippen LogP) is 2.83.